The van der Waals surface area contributed by atoms with Gasteiger partial charge in [0.15, 0.2) is 6.61 Å². The number of amides is 1. The third-order valence-electron chi connectivity index (χ3n) is 6.50. The summed E-state index contributed by atoms with van der Waals surface area (Å²) in [6.45, 7) is 1.39. The molecule has 7 heteroatoms. The SMILES string of the molecule is Cc1c(NC(=O)COC(=O)C[C@@H]2C[C@@H]3CC[C@@H]2C3)c(=O)n(-c2ccccc2)n1C. The van der Waals surface area contributed by atoms with Crippen molar-refractivity contribution in [2.24, 2.45) is 24.8 Å². The molecule has 1 amide bonds. The molecule has 0 unspecified atom stereocenters. The van der Waals surface area contributed by atoms with Gasteiger partial charge in [-0.3, -0.25) is 19.1 Å². The molecule has 2 aliphatic carbocycles. The van der Waals surface area contributed by atoms with E-state index in [1.165, 1.54) is 23.9 Å². The van der Waals surface area contributed by atoms with Crippen molar-refractivity contribution in [3.63, 3.8) is 0 Å². The molecule has 0 radical (unpaired) electrons. The van der Waals surface area contributed by atoms with E-state index >= 15 is 0 Å². The minimum Gasteiger partial charge on any atom is -0.456 e. The van der Waals surface area contributed by atoms with Crippen LogP contribution in [0.4, 0.5) is 5.69 Å². The number of para-hydroxylation sites is 1. The molecule has 0 spiro atoms. The Morgan fingerprint density at radius 3 is 2.59 bits per heavy atom. The summed E-state index contributed by atoms with van der Waals surface area (Å²) >= 11 is 0. The van der Waals surface area contributed by atoms with Gasteiger partial charge in [0.25, 0.3) is 11.5 Å². The van der Waals surface area contributed by atoms with E-state index in [9.17, 15) is 14.4 Å². The van der Waals surface area contributed by atoms with Crippen molar-refractivity contribution < 1.29 is 14.3 Å². The highest BCUT2D eigenvalue weighted by molar-refractivity contribution is 5.93. The van der Waals surface area contributed by atoms with Gasteiger partial charge in [-0.05, 0) is 56.1 Å². The highest BCUT2D eigenvalue weighted by Gasteiger charge is 2.40. The predicted molar refractivity (Wildman–Crippen MR) is 109 cm³/mol. The van der Waals surface area contributed by atoms with Crippen molar-refractivity contribution >= 4 is 17.6 Å². The van der Waals surface area contributed by atoms with Crippen LogP contribution in [0.5, 0.6) is 0 Å². The van der Waals surface area contributed by atoms with Gasteiger partial charge in [-0.15, -0.1) is 0 Å². The zero-order valence-corrected chi connectivity index (χ0v) is 16.9. The van der Waals surface area contributed by atoms with Crippen molar-refractivity contribution in [3.05, 3.63) is 46.4 Å². The third-order valence-corrected chi connectivity index (χ3v) is 6.50. The standard InChI is InChI=1S/C22H27N3O4/c1-14-21(22(28)25(24(14)2)18-6-4-3-5-7-18)23-19(26)13-29-20(27)12-17-11-15-8-9-16(17)10-15/h3-7,15-17H,8-13H2,1-2H3,(H,23,26)/t15-,16-,17+/m1/s1. The number of nitrogens with zero attached hydrogens (tertiary/aromatic N) is 2. The molecule has 2 aromatic rings. The molecule has 1 N–H and O–H groups in total. The quantitative estimate of drug-likeness (QED) is 0.760. The second-order valence-electron chi connectivity index (χ2n) is 8.28. The largest absolute Gasteiger partial charge is 0.456 e. The molecule has 0 saturated heterocycles. The topological polar surface area (TPSA) is 82.3 Å². The van der Waals surface area contributed by atoms with Crippen LogP contribution in [0.2, 0.25) is 0 Å². The fourth-order valence-electron chi connectivity index (χ4n) is 4.93. The summed E-state index contributed by atoms with van der Waals surface area (Å²) < 4.78 is 8.36. The number of hydrogen-bond acceptors (Lipinski definition) is 4. The van der Waals surface area contributed by atoms with E-state index in [0.29, 0.717) is 29.6 Å². The van der Waals surface area contributed by atoms with Crippen LogP contribution in [-0.2, 0) is 21.4 Å². The van der Waals surface area contributed by atoms with E-state index < -0.39 is 5.91 Å². The lowest BCUT2D eigenvalue weighted by atomic mass is 9.86. The Bertz CT molecular complexity index is 976. The Balaban J connectivity index is 1.36. The Labute approximate surface area is 169 Å². The lowest BCUT2D eigenvalue weighted by Gasteiger charge is -2.20. The molecule has 1 aromatic heterocycles. The number of fused-ring (bicyclic) bond motifs is 2. The fraction of sp³-hybridized carbons (Fsp3) is 0.500. The van der Waals surface area contributed by atoms with E-state index in [1.54, 1.807) is 18.7 Å². The van der Waals surface area contributed by atoms with E-state index in [2.05, 4.69) is 5.32 Å². The van der Waals surface area contributed by atoms with Gasteiger partial charge >= 0.3 is 5.97 Å². The maximum absolute atomic E-state index is 12.8. The molecule has 0 aliphatic heterocycles. The van der Waals surface area contributed by atoms with Gasteiger partial charge in [-0.2, -0.15) is 0 Å². The first-order valence-electron chi connectivity index (χ1n) is 10.2. The maximum Gasteiger partial charge on any atom is 0.306 e. The number of anilines is 1. The van der Waals surface area contributed by atoms with Crippen molar-refractivity contribution in [1.29, 1.82) is 0 Å². The normalized spacial score (nSPS) is 22.6. The molecule has 3 atom stereocenters. The summed E-state index contributed by atoms with van der Waals surface area (Å²) in [4.78, 5) is 37.2. The van der Waals surface area contributed by atoms with Gasteiger partial charge < -0.3 is 10.1 Å². The minimum absolute atomic E-state index is 0.200. The number of ether oxygens (including phenoxy) is 1. The van der Waals surface area contributed by atoms with E-state index in [1.807, 2.05) is 30.3 Å². The average Bonchev–Trinajstić information content (AvgIpc) is 3.38. The Hall–Kier alpha value is -2.83. The van der Waals surface area contributed by atoms with Crippen LogP contribution in [0.25, 0.3) is 5.69 Å². The summed E-state index contributed by atoms with van der Waals surface area (Å²) in [5, 5.41) is 2.62. The van der Waals surface area contributed by atoms with Crippen molar-refractivity contribution in [2.75, 3.05) is 11.9 Å². The third kappa shape index (κ3) is 3.86. The minimum atomic E-state index is -0.502. The first-order valence-corrected chi connectivity index (χ1v) is 10.2. The number of benzene rings is 1. The lowest BCUT2D eigenvalue weighted by Crippen LogP contribution is -2.26. The van der Waals surface area contributed by atoms with E-state index in [-0.39, 0.29) is 23.8 Å². The smallest absolute Gasteiger partial charge is 0.306 e. The zero-order chi connectivity index (χ0) is 20.5. The number of nitrogens with one attached hydrogen (secondary N) is 1. The van der Waals surface area contributed by atoms with Crippen LogP contribution >= 0.6 is 0 Å². The zero-order valence-electron chi connectivity index (χ0n) is 16.9. The molecule has 2 fully saturated rings. The number of rotatable bonds is 6. The van der Waals surface area contributed by atoms with Crippen molar-refractivity contribution in [3.8, 4) is 5.69 Å². The van der Waals surface area contributed by atoms with Crippen LogP contribution in [0, 0.1) is 24.7 Å². The van der Waals surface area contributed by atoms with Gasteiger partial charge in [0.1, 0.15) is 5.69 Å². The average molecular weight is 397 g/mol. The molecular weight excluding hydrogens is 370 g/mol. The molecule has 1 aromatic carbocycles. The first kappa shape index (κ1) is 19.5. The van der Waals surface area contributed by atoms with Crippen molar-refractivity contribution in [2.45, 2.75) is 39.0 Å². The van der Waals surface area contributed by atoms with Crippen LogP contribution in [-0.4, -0.2) is 27.8 Å². The molecule has 4 rings (SSSR count). The summed E-state index contributed by atoms with van der Waals surface area (Å²) in [6.07, 6.45) is 5.23. The summed E-state index contributed by atoms with van der Waals surface area (Å²) in [5.41, 5.74) is 1.21. The first-order chi connectivity index (χ1) is 13.9. The number of carbonyl (C=O) groups is 2. The molecule has 29 heavy (non-hydrogen) atoms. The highest BCUT2D eigenvalue weighted by Crippen LogP contribution is 2.49. The van der Waals surface area contributed by atoms with Crippen LogP contribution < -0.4 is 10.9 Å². The Kier molecular flexibility index (Phi) is 5.30. The van der Waals surface area contributed by atoms with Gasteiger partial charge in [-0.25, -0.2) is 4.68 Å². The number of hydrogen-bond donors (Lipinski definition) is 1. The second kappa shape index (κ2) is 7.89. The monoisotopic (exact) mass is 397 g/mol. The Morgan fingerprint density at radius 1 is 1.17 bits per heavy atom. The fourth-order valence-corrected chi connectivity index (χ4v) is 4.93. The highest BCUT2D eigenvalue weighted by atomic mass is 16.5. The van der Waals surface area contributed by atoms with Gasteiger partial charge in [0, 0.05) is 13.5 Å². The maximum atomic E-state index is 12.8. The van der Waals surface area contributed by atoms with Gasteiger partial charge in [-0.1, -0.05) is 24.6 Å². The molecule has 1 heterocycles. The number of aromatic nitrogens is 2. The molecule has 2 bridgehead atoms. The number of carbonyl (C=O) groups excluding carboxylic acids is 2. The van der Waals surface area contributed by atoms with Crippen LogP contribution in [0.3, 0.4) is 0 Å². The van der Waals surface area contributed by atoms with E-state index in [4.69, 9.17) is 4.74 Å². The summed E-state index contributed by atoms with van der Waals surface area (Å²) in [6, 6.07) is 9.21. The molecular formula is C22H27N3O4. The van der Waals surface area contributed by atoms with Gasteiger partial charge in [0.05, 0.1) is 11.4 Å². The molecule has 2 saturated carbocycles. The molecule has 154 valence electrons. The summed E-state index contributed by atoms with van der Waals surface area (Å²) in [7, 11) is 1.76. The Morgan fingerprint density at radius 2 is 1.93 bits per heavy atom. The summed E-state index contributed by atoms with van der Waals surface area (Å²) in [5.74, 6) is 0.985. The van der Waals surface area contributed by atoms with Crippen molar-refractivity contribution in [1.82, 2.24) is 9.36 Å². The lowest BCUT2D eigenvalue weighted by molar-refractivity contribution is -0.148. The van der Waals surface area contributed by atoms with Crippen LogP contribution in [0.15, 0.2) is 35.1 Å². The molecule has 2 aliphatic rings. The van der Waals surface area contributed by atoms with Crippen LogP contribution in [0.1, 0.15) is 37.8 Å². The van der Waals surface area contributed by atoms with E-state index in [0.717, 1.165) is 12.3 Å². The number of esters is 1. The molecule has 7 nitrogen and oxygen atoms in total. The van der Waals surface area contributed by atoms with Gasteiger partial charge in [0.2, 0.25) is 0 Å². The predicted octanol–water partition coefficient (Wildman–Crippen LogP) is 2.79. The second-order valence-corrected chi connectivity index (χ2v) is 8.28.